The molecular formula is C29H48O4. The Kier molecular flexibility index (Phi) is 11.1. The van der Waals surface area contributed by atoms with Crippen molar-refractivity contribution in [2.24, 2.45) is 17.8 Å². The second kappa shape index (κ2) is 13.2. The lowest BCUT2D eigenvalue weighted by Gasteiger charge is -2.37. The molecule has 4 nitrogen and oxygen atoms in total. The van der Waals surface area contributed by atoms with Gasteiger partial charge in [-0.05, 0) is 80.5 Å². The van der Waals surface area contributed by atoms with Crippen LogP contribution in [-0.4, -0.2) is 23.3 Å². The van der Waals surface area contributed by atoms with Crippen LogP contribution < -0.4 is 9.47 Å². The summed E-state index contributed by atoms with van der Waals surface area (Å²) in [4.78, 5) is 10.8. The fourth-order valence-electron chi connectivity index (χ4n) is 5.05. The first-order valence-corrected chi connectivity index (χ1v) is 13.2. The van der Waals surface area contributed by atoms with Crippen LogP contribution >= 0.6 is 0 Å². The molecule has 1 aromatic rings. The lowest BCUT2D eigenvalue weighted by Crippen LogP contribution is -2.36. The number of hydrogen-bond acceptors (Lipinski definition) is 3. The van der Waals surface area contributed by atoms with E-state index in [1.165, 1.54) is 51.4 Å². The highest BCUT2D eigenvalue weighted by atomic mass is 16.5. The van der Waals surface area contributed by atoms with Gasteiger partial charge in [0.15, 0.2) is 6.61 Å². The summed E-state index contributed by atoms with van der Waals surface area (Å²) in [6, 6.07) is 3.83. The van der Waals surface area contributed by atoms with Crippen LogP contribution in [0.15, 0.2) is 12.1 Å². The number of aliphatic carboxylic acids is 1. The molecule has 0 aromatic heterocycles. The van der Waals surface area contributed by atoms with Crippen LogP contribution in [0.2, 0.25) is 0 Å². The molecule has 4 heteroatoms. The topological polar surface area (TPSA) is 55.8 Å². The molecule has 188 valence electrons. The van der Waals surface area contributed by atoms with Gasteiger partial charge in [0.25, 0.3) is 0 Å². The average Bonchev–Trinajstić information content (AvgIpc) is 2.72. The molecule has 0 radical (unpaired) electrons. The molecule has 0 fully saturated rings. The van der Waals surface area contributed by atoms with Crippen molar-refractivity contribution in [1.82, 2.24) is 0 Å². The second-order valence-corrected chi connectivity index (χ2v) is 11.3. The molecule has 3 atom stereocenters. The predicted molar refractivity (Wildman–Crippen MR) is 136 cm³/mol. The number of aryl methyl sites for hydroxylation is 2. The molecule has 0 unspecified atom stereocenters. The van der Waals surface area contributed by atoms with E-state index in [2.05, 4.69) is 34.6 Å². The zero-order valence-electron chi connectivity index (χ0n) is 22.0. The predicted octanol–water partition coefficient (Wildman–Crippen LogP) is 7.98. The number of benzene rings is 1. The summed E-state index contributed by atoms with van der Waals surface area (Å²) < 4.78 is 11.9. The minimum absolute atomic E-state index is 0.119. The third kappa shape index (κ3) is 9.98. The maximum Gasteiger partial charge on any atom is 0.341 e. The van der Waals surface area contributed by atoms with Gasteiger partial charge in [0.2, 0.25) is 0 Å². The van der Waals surface area contributed by atoms with Gasteiger partial charge in [0.1, 0.15) is 17.1 Å². The average molecular weight is 461 g/mol. The smallest absolute Gasteiger partial charge is 0.341 e. The number of hydrogen-bond donors (Lipinski definition) is 1. The van der Waals surface area contributed by atoms with E-state index in [1.54, 1.807) is 0 Å². The zero-order chi connectivity index (χ0) is 24.4. The van der Waals surface area contributed by atoms with Crippen LogP contribution in [-0.2, 0) is 11.2 Å². The summed E-state index contributed by atoms with van der Waals surface area (Å²) in [5.41, 5.74) is 2.03. The molecule has 0 spiro atoms. The largest absolute Gasteiger partial charge is 0.487 e. The summed E-state index contributed by atoms with van der Waals surface area (Å²) in [6.07, 6.45) is 13.7. The third-order valence-electron chi connectivity index (χ3n) is 7.23. The van der Waals surface area contributed by atoms with Crippen LogP contribution in [0.25, 0.3) is 0 Å². The van der Waals surface area contributed by atoms with Crippen molar-refractivity contribution in [3.8, 4) is 11.5 Å². The van der Waals surface area contributed by atoms with Gasteiger partial charge < -0.3 is 14.6 Å². The van der Waals surface area contributed by atoms with Gasteiger partial charge in [-0.2, -0.15) is 0 Å². The maximum absolute atomic E-state index is 10.8. The summed E-state index contributed by atoms with van der Waals surface area (Å²) in [7, 11) is 0. The van der Waals surface area contributed by atoms with Crippen LogP contribution in [0.4, 0.5) is 0 Å². The normalized spacial score (nSPS) is 19.6. The minimum Gasteiger partial charge on any atom is -0.487 e. The van der Waals surface area contributed by atoms with Gasteiger partial charge in [-0.1, -0.05) is 72.6 Å². The van der Waals surface area contributed by atoms with E-state index >= 15 is 0 Å². The van der Waals surface area contributed by atoms with Crippen LogP contribution in [0.3, 0.4) is 0 Å². The van der Waals surface area contributed by atoms with E-state index in [-0.39, 0.29) is 12.2 Å². The highest BCUT2D eigenvalue weighted by Gasteiger charge is 2.32. The van der Waals surface area contributed by atoms with Crippen molar-refractivity contribution < 1.29 is 19.4 Å². The Morgan fingerprint density at radius 2 is 1.64 bits per heavy atom. The van der Waals surface area contributed by atoms with Crippen molar-refractivity contribution in [1.29, 1.82) is 0 Å². The van der Waals surface area contributed by atoms with Crippen LogP contribution in [0.1, 0.15) is 110 Å². The molecule has 1 heterocycles. The first kappa shape index (κ1) is 27.5. The van der Waals surface area contributed by atoms with Crippen molar-refractivity contribution in [2.75, 3.05) is 6.61 Å². The molecule has 1 aliphatic heterocycles. The van der Waals surface area contributed by atoms with Gasteiger partial charge in [0.05, 0.1) is 0 Å². The Morgan fingerprint density at radius 1 is 1.03 bits per heavy atom. The van der Waals surface area contributed by atoms with Crippen molar-refractivity contribution in [3.05, 3.63) is 23.3 Å². The van der Waals surface area contributed by atoms with Crippen molar-refractivity contribution >= 4 is 5.97 Å². The standard InChI is InChI=1S/C29H48O4/c1-21(2)10-7-11-22(3)12-8-13-23(4)14-9-16-29(6)17-15-25-19-26(32-20-27(30)31)18-24(5)28(25)33-29/h18-19,21-23H,7-17,20H2,1-6H3,(H,30,31)/t22-,23-,29-/m1/s1. The number of rotatable bonds is 15. The van der Waals surface area contributed by atoms with E-state index in [9.17, 15) is 4.79 Å². The highest BCUT2D eigenvalue weighted by molar-refractivity contribution is 5.68. The summed E-state index contributed by atoms with van der Waals surface area (Å²) in [5.74, 6) is 3.10. The quantitative estimate of drug-likeness (QED) is 0.288. The molecule has 0 saturated carbocycles. The fourth-order valence-corrected chi connectivity index (χ4v) is 5.05. The Bertz CT molecular complexity index is 741. The van der Waals surface area contributed by atoms with Gasteiger partial charge in [0, 0.05) is 0 Å². The number of carboxylic acid groups (broad SMARTS) is 1. The van der Waals surface area contributed by atoms with E-state index < -0.39 is 5.97 Å². The van der Waals surface area contributed by atoms with Gasteiger partial charge in [-0.25, -0.2) is 4.79 Å². The maximum atomic E-state index is 10.8. The summed E-state index contributed by atoms with van der Waals surface area (Å²) in [5, 5.41) is 8.84. The molecule has 1 aliphatic rings. The van der Waals surface area contributed by atoms with Crippen molar-refractivity contribution in [3.63, 3.8) is 0 Å². The van der Waals surface area contributed by atoms with E-state index in [0.29, 0.717) is 5.75 Å². The van der Waals surface area contributed by atoms with E-state index in [4.69, 9.17) is 14.6 Å². The van der Waals surface area contributed by atoms with Gasteiger partial charge in [-0.15, -0.1) is 0 Å². The lowest BCUT2D eigenvalue weighted by atomic mass is 9.85. The molecule has 33 heavy (non-hydrogen) atoms. The van der Waals surface area contributed by atoms with Gasteiger partial charge in [-0.3, -0.25) is 0 Å². The Labute approximate surface area is 202 Å². The Hall–Kier alpha value is -1.71. The molecule has 1 N–H and O–H groups in total. The van der Waals surface area contributed by atoms with Gasteiger partial charge >= 0.3 is 5.97 Å². The first-order valence-electron chi connectivity index (χ1n) is 13.2. The first-order chi connectivity index (χ1) is 15.6. The number of fused-ring (bicyclic) bond motifs is 1. The molecule has 0 bridgehead atoms. The Balaban J connectivity index is 1.72. The fraction of sp³-hybridized carbons (Fsp3) is 0.759. The summed E-state index contributed by atoms with van der Waals surface area (Å²) >= 11 is 0. The number of carboxylic acids is 1. The van der Waals surface area contributed by atoms with E-state index in [1.807, 2.05) is 19.1 Å². The van der Waals surface area contributed by atoms with E-state index in [0.717, 1.165) is 53.9 Å². The lowest BCUT2D eigenvalue weighted by molar-refractivity contribution is -0.139. The molecule has 2 rings (SSSR count). The SMILES string of the molecule is Cc1cc(OCC(=O)O)cc2c1O[C@](C)(CCC[C@H](C)CCC[C@H](C)CCCC(C)C)CC2. The molecule has 0 amide bonds. The van der Waals surface area contributed by atoms with Crippen LogP contribution in [0.5, 0.6) is 11.5 Å². The summed E-state index contributed by atoms with van der Waals surface area (Å²) in [6.45, 7) is 13.4. The van der Waals surface area contributed by atoms with Crippen LogP contribution in [0, 0.1) is 24.7 Å². The van der Waals surface area contributed by atoms with Crippen molar-refractivity contribution in [2.45, 2.75) is 118 Å². The number of ether oxygens (including phenoxy) is 2. The second-order valence-electron chi connectivity index (χ2n) is 11.3. The highest BCUT2D eigenvalue weighted by Crippen LogP contribution is 2.40. The monoisotopic (exact) mass is 460 g/mol. The number of carbonyl (C=O) groups is 1. The zero-order valence-corrected chi connectivity index (χ0v) is 22.0. The molecule has 1 aromatic carbocycles. The Morgan fingerprint density at radius 3 is 2.24 bits per heavy atom. The molecular weight excluding hydrogens is 412 g/mol. The minimum atomic E-state index is -0.959. The third-order valence-corrected chi connectivity index (χ3v) is 7.23. The molecule has 0 saturated heterocycles. The molecule has 0 aliphatic carbocycles.